The minimum atomic E-state index is -0.434. The number of carbonyl (C=O) groups excluding carboxylic acids is 2. The zero-order valence-corrected chi connectivity index (χ0v) is 16.5. The predicted octanol–water partition coefficient (Wildman–Crippen LogP) is 1.92. The maximum Gasteiger partial charge on any atom is 0.303 e. The van der Waals surface area contributed by atoms with Crippen molar-refractivity contribution in [1.29, 1.82) is 0 Å². The number of amides is 1. The number of hydrogen-bond donors (Lipinski definition) is 1. The molecule has 2 aliphatic heterocycles. The van der Waals surface area contributed by atoms with Gasteiger partial charge >= 0.3 is 5.91 Å². The van der Waals surface area contributed by atoms with Crippen LogP contribution in [0.2, 0.25) is 0 Å². The van der Waals surface area contributed by atoms with Crippen LogP contribution >= 0.6 is 0 Å². The highest BCUT2D eigenvalue weighted by Crippen LogP contribution is 2.33. The van der Waals surface area contributed by atoms with Gasteiger partial charge in [0.15, 0.2) is 6.67 Å². The number of methoxy groups -OCH3 is 2. The van der Waals surface area contributed by atoms with E-state index in [2.05, 4.69) is 0 Å². The Labute approximate surface area is 164 Å². The van der Waals surface area contributed by atoms with Crippen LogP contribution < -0.4 is 19.3 Å². The van der Waals surface area contributed by atoms with Crippen LogP contribution in [0.4, 0.5) is 5.69 Å². The van der Waals surface area contributed by atoms with Crippen molar-refractivity contribution in [2.24, 2.45) is 0 Å². The van der Waals surface area contributed by atoms with Gasteiger partial charge in [-0.05, 0) is 37.3 Å². The fourth-order valence-corrected chi connectivity index (χ4v) is 4.36. The molecular formula is C22H25N2O4+. The number of hydrogen-bond acceptors (Lipinski definition) is 4. The van der Waals surface area contributed by atoms with Crippen LogP contribution in [0, 0.1) is 6.92 Å². The maximum atomic E-state index is 12.6. The maximum absolute atomic E-state index is 12.6. The number of anilines is 1. The van der Waals surface area contributed by atoms with E-state index in [-0.39, 0.29) is 6.04 Å². The van der Waals surface area contributed by atoms with Gasteiger partial charge in [-0.1, -0.05) is 11.6 Å². The van der Waals surface area contributed by atoms with Gasteiger partial charge in [0.1, 0.15) is 17.5 Å². The van der Waals surface area contributed by atoms with E-state index in [0.717, 1.165) is 47.7 Å². The highest BCUT2D eigenvalue weighted by atomic mass is 16.5. The fraction of sp³-hybridized carbons (Fsp3) is 0.364. The number of aryl methyl sites for hydroxylation is 1. The monoisotopic (exact) mass is 381 g/mol. The summed E-state index contributed by atoms with van der Waals surface area (Å²) in [5.74, 6) is 0.768. The summed E-state index contributed by atoms with van der Waals surface area (Å²) in [4.78, 5) is 28.0. The third-order valence-corrected chi connectivity index (χ3v) is 5.78. The van der Waals surface area contributed by atoms with Crippen LogP contribution in [0.1, 0.15) is 40.4 Å². The Balaban J connectivity index is 1.64. The Morgan fingerprint density at radius 1 is 1.11 bits per heavy atom. The second-order valence-electron chi connectivity index (χ2n) is 7.45. The third kappa shape index (κ3) is 3.03. The molecule has 6 nitrogen and oxygen atoms in total. The van der Waals surface area contributed by atoms with Crippen LogP contribution in [0.15, 0.2) is 36.4 Å². The zero-order chi connectivity index (χ0) is 19.8. The lowest BCUT2D eigenvalue weighted by molar-refractivity contribution is -0.917. The first-order chi connectivity index (χ1) is 13.5. The molecule has 0 aliphatic carbocycles. The lowest BCUT2D eigenvalue weighted by Crippen LogP contribution is -3.12. The normalized spacial score (nSPS) is 21.2. The first-order valence-electron chi connectivity index (χ1n) is 9.57. The Bertz CT molecular complexity index is 940. The number of Topliss-reactive ketones (excluding diaryl/α,β-unsaturated/α-hetero) is 1. The average molecular weight is 381 g/mol. The van der Waals surface area contributed by atoms with Crippen molar-refractivity contribution in [3.63, 3.8) is 0 Å². The summed E-state index contributed by atoms with van der Waals surface area (Å²) in [5, 5.41) is 0. The molecule has 2 aliphatic rings. The SMILES string of the molecule is COc1ccc(OC)c([C@@H]2CCC[NH+]2CN2C(=O)C(=O)c3cc(C)ccc32)c1. The quantitative estimate of drug-likeness (QED) is 0.804. The Morgan fingerprint density at radius 3 is 2.68 bits per heavy atom. The number of carbonyl (C=O) groups is 2. The van der Waals surface area contributed by atoms with Gasteiger partial charge < -0.3 is 14.4 Å². The van der Waals surface area contributed by atoms with Crippen LogP contribution in [0.25, 0.3) is 0 Å². The number of ether oxygens (including phenoxy) is 2. The standard InChI is InChI=1S/C22H24N2O4/c1-14-6-8-19-17(11-14)21(25)22(26)24(19)13-23-10-4-5-18(23)16-12-15(27-2)7-9-20(16)28-3/h6-9,11-12,18H,4-5,10,13H2,1-3H3/p+1/t18-/m0/s1. The van der Waals surface area contributed by atoms with Crippen molar-refractivity contribution in [3.8, 4) is 11.5 Å². The Morgan fingerprint density at radius 2 is 1.93 bits per heavy atom. The van der Waals surface area contributed by atoms with Crippen LogP contribution in [0.5, 0.6) is 11.5 Å². The van der Waals surface area contributed by atoms with Crippen molar-refractivity contribution in [3.05, 3.63) is 53.1 Å². The number of likely N-dealkylation sites (tertiary alicyclic amines) is 1. The van der Waals surface area contributed by atoms with E-state index in [0.29, 0.717) is 12.2 Å². The average Bonchev–Trinajstić information content (AvgIpc) is 3.26. The molecule has 0 saturated carbocycles. The summed E-state index contributed by atoms with van der Waals surface area (Å²) in [5.41, 5.74) is 3.29. The number of fused-ring (bicyclic) bond motifs is 1. The summed E-state index contributed by atoms with van der Waals surface area (Å²) in [7, 11) is 3.32. The van der Waals surface area contributed by atoms with E-state index >= 15 is 0 Å². The number of nitrogens with one attached hydrogen (secondary N) is 1. The number of benzene rings is 2. The lowest BCUT2D eigenvalue weighted by atomic mass is 10.0. The van der Waals surface area contributed by atoms with Crippen molar-refractivity contribution >= 4 is 17.4 Å². The Kier molecular flexibility index (Phi) is 4.81. The first-order valence-corrected chi connectivity index (χ1v) is 9.57. The van der Waals surface area contributed by atoms with E-state index in [4.69, 9.17) is 9.47 Å². The topological polar surface area (TPSA) is 60.3 Å². The molecule has 2 aromatic rings. The molecule has 2 heterocycles. The van der Waals surface area contributed by atoms with Gasteiger partial charge in [0, 0.05) is 12.8 Å². The van der Waals surface area contributed by atoms with Crippen molar-refractivity contribution in [2.45, 2.75) is 25.8 Å². The van der Waals surface area contributed by atoms with Gasteiger partial charge in [-0.3, -0.25) is 14.5 Å². The van der Waals surface area contributed by atoms with Crippen LogP contribution in [-0.4, -0.2) is 39.1 Å². The lowest BCUT2D eigenvalue weighted by Gasteiger charge is -2.27. The minimum absolute atomic E-state index is 0.183. The molecule has 1 fully saturated rings. The molecule has 2 aromatic carbocycles. The number of rotatable bonds is 5. The molecule has 1 saturated heterocycles. The van der Waals surface area contributed by atoms with Gasteiger partial charge in [0.05, 0.1) is 37.6 Å². The van der Waals surface area contributed by atoms with Gasteiger partial charge in [0.2, 0.25) is 0 Å². The van der Waals surface area contributed by atoms with E-state index in [9.17, 15) is 9.59 Å². The van der Waals surface area contributed by atoms with Gasteiger partial charge in [-0.2, -0.15) is 0 Å². The molecule has 2 atom stereocenters. The molecule has 6 heteroatoms. The second-order valence-corrected chi connectivity index (χ2v) is 7.45. The minimum Gasteiger partial charge on any atom is -0.497 e. The zero-order valence-electron chi connectivity index (χ0n) is 16.5. The molecule has 1 amide bonds. The van der Waals surface area contributed by atoms with Gasteiger partial charge in [-0.25, -0.2) is 0 Å². The van der Waals surface area contributed by atoms with Crippen LogP contribution in [0.3, 0.4) is 0 Å². The Hall–Kier alpha value is -2.86. The highest BCUT2D eigenvalue weighted by molar-refractivity contribution is 6.52. The summed E-state index contributed by atoms with van der Waals surface area (Å²) in [6.07, 6.45) is 2.05. The molecule has 28 heavy (non-hydrogen) atoms. The molecule has 0 bridgehead atoms. The van der Waals surface area contributed by atoms with E-state index < -0.39 is 11.7 Å². The summed E-state index contributed by atoms with van der Waals surface area (Å²) in [6, 6.07) is 11.6. The van der Waals surface area contributed by atoms with E-state index in [1.807, 2.05) is 37.3 Å². The molecule has 1 N–H and O–H groups in total. The molecule has 0 radical (unpaired) electrons. The van der Waals surface area contributed by atoms with Gasteiger partial charge in [-0.15, -0.1) is 0 Å². The van der Waals surface area contributed by atoms with Crippen LogP contribution in [-0.2, 0) is 4.79 Å². The number of quaternary nitrogens is 1. The molecule has 0 aromatic heterocycles. The summed E-state index contributed by atoms with van der Waals surface area (Å²) >= 11 is 0. The molecule has 0 spiro atoms. The number of ketones is 1. The highest BCUT2D eigenvalue weighted by Gasteiger charge is 2.41. The largest absolute Gasteiger partial charge is 0.497 e. The third-order valence-electron chi connectivity index (χ3n) is 5.78. The molecule has 4 rings (SSSR count). The summed E-state index contributed by atoms with van der Waals surface area (Å²) in [6.45, 7) is 3.33. The first kappa shape index (κ1) is 18.5. The van der Waals surface area contributed by atoms with E-state index in [1.54, 1.807) is 25.2 Å². The fourth-order valence-electron chi connectivity index (χ4n) is 4.36. The summed E-state index contributed by atoms with van der Waals surface area (Å²) < 4.78 is 11.0. The van der Waals surface area contributed by atoms with Crippen molar-refractivity contribution in [1.82, 2.24) is 0 Å². The van der Waals surface area contributed by atoms with Crippen molar-refractivity contribution < 1.29 is 24.0 Å². The van der Waals surface area contributed by atoms with Crippen molar-refractivity contribution in [2.75, 3.05) is 32.3 Å². The van der Waals surface area contributed by atoms with Gasteiger partial charge in [0.25, 0.3) is 5.78 Å². The van der Waals surface area contributed by atoms with E-state index in [1.165, 1.54) is 4.90 Å². The smallest absolute Gasteiger partial charge is 0.303 e. The predicted molar refractivity (Wildman–Crippen MR) is 105 cm³/mol. The molecule has 146 valence electrons. The molecule has 1 unspecified atom stereocenters. The second kappa shape index (κ2) is 7.28. The molecular weight excluding hydrogens is 356 g/mol. The number of nitrogens with zero attached hydrogens (tertiary/aromatic N) is 1.